The summed E-state index contributed by atoms with van der Waals surface area (Å²) in [6.07, 6.45) is 0. The summed E-state index contributed by atoms with van der Waals surface area (Å²) >= 11 is 7.27. The molecule has 1 aliphatic heterocycles. The predicted molar refractivity (Wildman–Crippen MR) is 54.7 cm³/mol. The molecule has 0 unspecified atom stereocenters. The van der Waals surface area contributed by atoms with Crippen molar-refractivity contribution < 1.29 is 0 Å². The molecule has 2 rings (SSSR count). The number of benzene rings is 1. The van der Waals surface area contributed by atoms with E-state index in [1.54, 1.807) is 11.8 Å². The number of para-hydroxylation sites is 1. The normalized spacial score (nSPS) is 16.4. The summed E-state index contributed by atoms with van der Waals surface area (Å²) in [4.78, 5) is 0. The summed E-state index contributed by atoms with van der Waals surface area (Å²) in [5, 5.41) is 6.02. The second-order valence-corrected chi connectivity index (χ2v) is 3.88. The Labute approximate surface area is 80.2 Å². The Morgan fingerprint density at radius 2 is 2.08 bits per heavy atom. The van der Waals surface area contributed by atoms with Crippen LogP contribution in [0, 0.1) is 0 Å². The average molecular weight is 199 g/mol. The van der Waals surface area contributed by atoms with Gasteiger partial charge in [-0.15, -0.1) is 0 Å². The molecule has 0 bridgehead atoms. The molecule has 1 aromatic carbocycles. The van der Waals surface area contributed by atoms with Gasteiger partial charge >= 0.3 is 0 Å². The Morgan fingerprint density at radius 3 is 2.67 bits per heavy atom. The van der Waals surface area contributed by atoms with E-state index in [0.717, 1.165) is 11.6 Å². The summed E-state index contributed by atoms with van der Waals surface area (Å²) in [5.41, 5.74) is 1.08. The highest BCUT2D eigenvalue weighted by atomic mass is 35.5. The monoisotopic (exact) mass is 198 g/mol. The molecule has 12 heavy (non-hydrogen) atoms. The van der Waals surface area contributed by atoms with Crippen molar-refractivity contribution in [2.24, 2.45) is 5.10 Å². The van der Waals surface area contributed by atoms with Gasteiger partial charge in [-0.05, 0) is 12.1 Å². The Morgan fingerprint density at radius 1 is 1.33 bits per heavy atom. The molecule has 1 aliphatic rings. The first-order valence-corrected chi connectivity index (χ1v) is 4.92. The molecule has 1 heterocycles. The van der Waals surface area contributed by atoms with E-state index in [0.29, 0.717) is 4.50 Å². The molecule has 0 radical (unpaired) electrons. The summed E-state index contributed by atoms with van der Waals surface area (Å²) < 4.78 is 0.610. The van der Waals surface area contributed by atoms with Crippen LogP contribution in [-0.4, -0.2) is 10.4 Å². The number of halogens is 1. The third kappa shape index (κ3) is 1.57. The van der Waals surface area contributed by atoms with E-state index < -0.39 is 0 Å². The molecule has 0 saturated carbocycles. The molecule has 1 aromatic rings. The zero-order valence-electron chi connectivity index (χ0n) is 6.27. The first kappa shape index (κ1) is 7.95. The summed E-state index contributed by atoms with van der Waals surface area (Å²) in [5.74, 6) is 0.808. The topological polar surface area (TPSA) is 15.6 Å². The van der Waals surface area contributed by atoms with Crippen LogP contribution < -0.4 is 5.01 Å². The van der Waals surface area contributed by atoms with Gasteiger partial charge in [0.2, 0.25) is 0 Å². The van der Waals surface area contributed by atoms with Crippen LogP contribution in [0.25, 0.3) is 0 Å². The maximum absolute atomic E-state index is 5.73. The van der Waals surface area contributed by atoms with E-state index >= 15 is 0 Å². The van der Waals surface area contributed by atoms with E-state index in [2.05, 4.69) is 5.10 Å². The molecular weight excluding hydrogens is 192 g/mol. The number of nitrogens with zero attached hydrogens (tertiary/aromatic N) is 2. The molecule has 4 heteroatoms. The maximum atomic E-state index is 5.73. The van der Waals surface area contributed by atoms with Crippen LogP contribution in [0.4, 0.5) is 5.69 Å². The molecule has 0 fully saturated rings. The molecule has 0 N–H and O–H groups in total. The van der Waals surface area contributed by atoms with Gasteiger partial charge in [0.15, 0.2) is 4.50 Å². The van der Waals surface area contributed by atoms with Crippen LogP contribution in [0.15, 0.2) is 35.4 Å². The van der Waals surface area contributed by atoms with Crippen molar-refractivity contribution in [1.82, 2.24) is 0 Å². The smallest absolute Gasteiger partial charge is 0.184 e. The van der Waals surface area contributed by atoms with Crippen LogP contribution >= 0.6 is 23.4 Å². The lowest BCUT2D eigenvalue weighted by molar-refractivity contribution is 1.01. The van der Waals surface area contributed by atoms with Gasteiger partial charge in [-0.2, -0.15) is 5.10 Å². The van der Waals surface area contributed by atoms with E-state index in [1.165, 1.54) is 0 Å². The van der Waals surface area contributed by atoms with Crippen LogP contribution in [-0.2, 0) is 0 Å². The Kier molecular flexibility index (Phi) is 2.23. The molecule has 0 spiro atoms. The average Bonchev–Trinajstić information content (AvgIpc) is 2.54. The molecule has 2 nitrogen and oxygen atoms in total. The SMILES string of the molecule is ClC1=NN(c2ccccc2)CS1. The van der Waals surface area contributed by atoms with Gasteiger partial charge < -0.3 is 0 Å². The fourth-order valence-corrected chi connectivity index (χ4v) is 1.83. The summed E-state index contributed by atoms with van der Waals surface area (Å²) in [6.45, 7) is 0. The minimum Gasteiger partial charge on any atom is -0.253 e. The van der Waals surface area contributed by atoms with Gasteiger partial charge in [-0.3, -0.25) is 5.01 Å². The molecule has 0 aliphatic carbocycles. The largest absolute Gasteiger partial charge is 0.253 e. The second kappa shape index (κ2) is 3.37. The zero-order valence-corrected chi connectivity index (χ0v) is 7.85. The van der Waals surface area contributed by atoms with Gasteiger partial charge in [-0.25, -0.2) is 0 Å². The van der Waals surface area contributed by atoms with E-state index in [9.17, 15) is 0 Å². The third-order valence-electron chi connectivity index (χ3n) is 1.56. The van der Waals surface area contributed by atoms with Crippen LogP contribution in [0.1, 0.15) is 0 Å². The van der Waals surface area contributed by atoms with Crippen molar-refractivity contribution in [3.05, 3.63) is 30.3 Å². The lowest BCUT2D eigenvalue weighted by Gasteiger charge is -2.11. The maximum Gasteiger partial charge on any atom is 0.184 e. The second-order valence-electron chi connectivity index (χ2n) is 2.36. The molecule has 0 saturated heterocycles. The van der Waals surface area contributed by atoms with Gasteiger partial charge in [-0.1, -0.05) is 41.6 Å². The van der Waals surface area contributed by atoms with Gasteiger partial charge in [0.25, 0.3) is 0 Å². The minimum absolute atomic E-state index is 0.610. The zero-order chi connectivity index (χ0) is 8.39. The van der Waals surface area contributed by atoms with Crippen molar-refractivity contribution in [3.8, 4) is 0 Å². The number of hydrazone groups is 1. The summed E-state index contributed by atoms with van der Waals surface area (Å²) in [7, 11) is 0. The van der Waals surface area contributed by atoms with Gasteiger partial charge in [0.1, 0.15) is 0 Å². The fraction of sp³-hybridized carbons (Fsp3) is 0.125. The van der Waals surface area contributed by atoms with E-state index in [1.807, 2.05) is 35.3 Å². The number of anilines is 1. The van der Waals surface area contributed by atoms with Crippen molar-refractivity contribution in [3.63, 3.8) is 0 Å². The Balaban J connectivity index is 2.22. The number of hydrogen-bond donors (Lipinski definition) is 0. The first-order chi connectivity index (χ1) is 5.86. The minimum atomic E-state index is 0.610. The van der Waals surface area contributed by atoms with Crippen molar-refractivity contribution in [1.29, 1.82) is 0 Å². The number of thioether (sulfide) groups is 1. The molecular formula is C8H7ClN2S. The van der Waals surface area contributed by atoms with Crippen LogP contribution in [0.2, 0.25) is 0 Å². The molecule has 0 amide bonds. The Hall–Kier alpha value is -0.670. The third-order valence-corrected chi connectivity index (χ3v) is 2.66. The standard InChI is InChI=1S/C8H7ClN2S/c9-8-10-11(6-12-8)7-4-2-1-3-5-7/h1-5H,6H2. The Bertz CT molecular complexity index is 299. The number of rotatable bonds is 1. The molecule has 0 atom stereocenters. The van der Waals surface area contributed by atoms with Gasteiger partial charge in [0.05, 0.1) is 11.6 Å². The van der Waals surface area contributed by atoms with Crippen LogP contribution in [0.5, 0.6) is 0 Å². The molecule has 0 aromatic heterocycles. The fourth-order valence-electron chi connectivity index (χ4n) is 0.999. The quantitative estimate of drug-likeness (QED) is 0.690. The highest BCUT2D eigenvalue weighted by Crippen LogP contribution is 2.25. The van der Waals surface area contributed by atoms with Gasteiger partial charge in [0, 0.05) is 0 Å². The van der Waals surface area contributed by atoms with E-state index in [4.69, 9.17) is 11.6 Å². The predicted octanol–water partition coefficient (Wildman–Crippen LogP) is 2.71. The highest BCUT2D eigenvalue weighted by molar-refractivity contribution is 8.17. The number of hydrogen-bond acceptors (Lipinski definition) is 3. The van der Waals surface area contributed by atoms with E-state index in [-0.39, 0.29) is 0 Å². The van der Waals surface area contributed by atoms with Crippen molar-refractivity contribution in [2.45, 2.75) is 0 Å². The first-order valence-electron chi connectivity index (χ1n) is 3.56. The van der Waals surface area contributed by atoms with Crippen molar-refractivity contribution >= 4 is 33.6 Å². The lowest BCUT2D eigenvalue weighted by Crippen LogP contribution is -2.09. The lowest BCUT2D eigenvalue weighted by atomic mass is 10.3. The van der Waals surface area contributed by atoms with Crippen molar-refractivity contribution in [2.75, 3.05) is 10.9 Å². The highest BCUT2D eigenvalue weighted by Gasteiger charge is 2.13. The molecule has 62 valence electrons. The van der Waals surface area contributed by atoms with Crippen LogP contribution in [0.3, 0.4) is 0 Å². The summed E-state index contributed by atoms with van der Waals surface area (Å²) in [6, 6.07) is 9.99.